The Hall–Kier alpha value is -2.00. The lowest BCUT2D eigenvalue weighted by Gasteiger charge is -2.20. The average molecular weight is 346 g/mol. The molecule has 24 heavy (non-hydrogen) atoms. The smallest absolute Gasteiger partial charge is 0.265 e. The van der Waals surface area contributed by atoms with Crippen LogP contribution in [0.25, 0.3) is 0 Å². The van der Waals surface area contributed by atoms with E-state index in [2.05, 4.69) is 25.2 Å². The first-order valence-electron chi connectivity index (χ1n) is 8.25. The summed E-state index contributed by atoms with van der Waals surface area (Å²) >= 11 is 6.10. The molecule has 1 amide bonds. The van der Waals surface area contributed by atoms with Crippen LogP contribution in [0.1, 0.15) is 44.2 Å². The molecule has 0 aliphatic heterocycles. The second kappa shape index (κ2) is 8.20. The highest BCUT2D eigenvalue weighted by molar-refractivity contribution is 6.31. The summed E-state index contributed by atoms with van der Waals surface area (Å²) in [4.78, 5) is 12.5. The molecule has 0 aliphatic rings. The predicted octanol–water partition coefficient (Wildman–Crippen LogP) is 5.57. The second-order valence-electron chi connectivity index (χ2n) is 6.01. The molecule has 2 unspecified atom stereocenters. The SMILES string of the molecule is CCC(C)c1ccccc1OC(C)C(=O)Nc1cccc(Cl)c1C. The van der Waals surface area contributed by atoms with Crippen LogP contribution in [0.5, 0.6) is 5.75 Å². The van der Waals surface area contributed by atoms with Gasteiger partial charge in [0.15, 0.2) is 6.10 Å². The molecule has 0 aliphatic carbocycles. The van der Waals surface area contributed by atoms with Crippen molar-refractivity contribution in [2.75, 3.05) is 5.32 Å². The highest BCUT2D eigenvalue weighted by Gasteiger charge is 2.18. The quantitative estimate of drug-likeness (QED) is 0.743. The van der Waals surface area contributed by atoms with Gasteiger partial charge in [0.2, 0.25) is 0 Å². The summed E-state index contributed by atoms with van der Waals surface area (Å²) in [6, 6.07) is 13.3. The maximum Gasteiger partial charge on any atom is 0.265 e. The molecule has 0 spiro atoms. The Labute approximate surface area is 149 Å². The largest absolute Gasteiger partial charge is 0.481 e. The Balaban J connectivity index is 2.11. The van der Waals surface area contributed by atoms with E-state index in [1.807, 2.05) is 37.3 Å². The van der Waals surface area contributed by atoms with Gasteiger partial charge < -0.3 is 10.1 Å². The van der Waals surface area contributed by atoms with Crippen molar-refractivity contribution in [1.29, 1.82) is 0 Å². The molecule has 0 saturated heterocycles. The van der Waals surface area contributed by atoms with Crippen molar-refractivity contribution >= 4 is 23.2 Å². The van der Waals surface area contributed by atoms with Crippen LogP contribution in [-0.4, -0.2) is 12.0 Å². The number of ether oxygens (including phenoxy) is 1. The molecular weight excluding hydrogens is 322 g/mol. The fourth-order valence-corrected chi connectivity index (χ4v) is 2.61. The molecule has 4 heteroatoms. The van der Waals surface area contributed by atoms with E-state index in [1.54, 1.807) is 13.0 Å². The third-order valence-corrected chi connectivity index (χ3v) is 4.67. The van der Waals surface area contributed by atoms with E-state index in [-0.39, 0.29) is 5.91 Å². The van der Waals surface area contributed by atoms with Crippen LogP contribution in [-0.2, 0) is 4.79 Å². The first kappa shape index (κ1) is 18.3. The van der Waals surface area contributed by atoms with Gasteiger partial charge in [0.1, 0.15) is 5.75 Å². The number of hydrogen-bond acceptors (Lipinski definition) is 2. The van der Waals surface area contributed by atoms with Crippen LogP contribution in [0.4, 0.5) is 5.69 Å². The predicted molar refractivity (Wildman–Crippen MR) is 100 cm³/mol. The zero-order valence-electron chi connectivity index (χ0n) is 14.6. The van der Waals surface area contributed by atoms with Crippen molar-refractivity contribution in [2.24, 2.45) is 0 Å². The molecule has 0 bridgehead atoms. The molecule has 0 saturated carbocycles. The fraction of sp³-hybridized carbons (Fsp3) is 0.350. The number of benzene rings is 2. The Kier molecular flexibility index (Phi) is 6.27. The molecule has 3 nitrogen and oxygen atoms in total. The highest BCUT2D eigenvalue weighted by Crippen LogP contribution is 2.29. The second-order valence-corrected chi connectivity index (χ2v) is 6.42. The van der Waals surface area contributed by atoms with Crippen molar-refractivity contribution in [2.45, 2.75) is 46.1 Å². The number of halogens is 1. The van der Waals surface area contributed by atoms with Crippen LogP contribution < -0.4 is 10.1 Å². The molecule has 0 heterocycles. The molecule has 1 N–H and O–H groups in total. The molecule has 0 fully saturated rings. The van der Waals surface area contributed by atoms with Crippen LogP contribution in [0.3, 0.4) is 0 Å². The minimum absolute atomic E-state index is 0.195. The van der Waals surface area contributed by atoms with Crippen molar-refractivity contribution < 1.29 is 9.53 Å². The molecule has 2 atom stereocenters. The van der Waals surface area contributed by atoms with Crippen molar-refractivity contribution in [1.82, 2.24) is 0 Å². The van der Waals surface area contributed by atoms with E-state index >= 15 is 0 Å². The van der Waals surface area contributed by atoms with E-state index < -0.39 is 6.10 Å². The van der Waals surface area contributed by atoms with Gasteiger partial charge in [-0.3, -0.25) is 4.79 Å². The van der Waals surface area contributed by atoms with Gasteiger partial charge in [0.05, 0.1) is 0 Å². The first-order valence-corrected chi connectivity index (χ1v) is 8.63. The summed E-state index contributed by atoms with van der Waals surface area (Å²) < 4.78 is 5.93. The summed E-state index contributed by atoms with van der Waals surface area (Å²) in [6.45, 7) is 7.92. The lowest BCUT2D eigenvalue weighted by Crippen LogP contribution is -2.30. The highest BCUT2D eigenvalue weighted by atomic mass is 35.5. The zero-order chi connectivity index (χ0) is 17.7. The monoisotopic (exact) mass is 345 g/mol. The van der Waals surface area contributed by atoms with Crippen LogP contribution >= 0.6 is 11.6 Å². The van der Waals surface area contributed by atoms with Gasteiger partial charge in [0, 0.05) is 10.7 Å². The summed E-state index contributed by atoms with van der Waals surface area (Å²) in [5.74, 6) is 0.947. The zero-order valence-corrected chi connectivity index (χ0v) is 15.4. The maximum atomic E-state index is 12.5. The fourth-order valence-electron chi connectivity index (χ4n) is 2.44. The maximum absolute atomic E-state index is 12.5. The third kappa shape index (κ3) is 4.30. The molecule has 0 radical (unpaired) electrons. The Bertz CT molecular complexity index is 715. The number of hydrogen-bond donors (Lipinski definition) is 1. The van der Waals surface area contributed by atoms with Crippen LogP contribution in [0, 0.1) is 6.92 Å². The standard InChI is InChI=1S/C20H24ClNO2/c1-5-13(2)16-9-6-7-12-19(16)24-15(4)20(23)22-18-11-8-10-17(21)14(18)3/h6-13,15H,5H2,1-4H3,(H,22,23). The number of nitrogens with one attached hydrogen (secondary N) is 1. The lowest BCUT2D eigenvalue weighted by atomic mass is 9.98. The van der Waals surface area contributed by atoms with Crippen molar-refractivity contribution in [3.63, 3.8) is 0 Å². The van der Waals surface area contributed by atoms with E-state index in [0.717, 1.165) is 23.3 Å². The summed E-state index contributed by atoms with van der Waals surface area (Å²) in [5.41, 5.74) is 2.68. The van der Waals surface area contributed by atoms with Crippen LogP contribution in [0.15, 0.2) is 42.5 Å². The van der Waals surface area contributed by atoms with E-state index in [1.165, 1.54) is 0 Å². The number of rotatable bonds is 6. The van der Waals surface area contributed by atoms with Gasteiger partial charge in [-0.25, -0.2) is 0 Å². The average Bonchev–Trinajstić information content (AvgIpc) is 2.58. The Morgan fingerprint density at radius 2 is 1.88 bits per heavy atom. The molecule has 2 aromatic carbocycles. The number of para-hydroxylation sites is 1. The number of anilines is 1. The van der Waals surface area contributed by atoms with E-state index in [9.17, 15) is 4.79 Å². The van der Waals surface area contributed by atoms with Crippen molar-refractivity contribution in [3.05, 3.63) is 58.6 Å². The molecular formula is C20H24ClNO2. The lowest BCUT2D eigenvalue weighted by molar-refractivity contribution is -0.122. The summed E-state index contributed by atoms with van der Waals surface area (Å²) in [5, 5.41) is 3.51. The minimum atomic E-state index is -0.603. The normalized spacial score (nSPS) is 13.2. The van der Waals surface area contributed by atoms with E-state index in [4.69, 9.17) is 16.3 Å². The minimum Gasteiger partial charge on any atom is -0.481 e. The first-order chi connectivity index (χ1) is 11.4. The van der Waals surface area contributed by atoms with Gasteiger partial charge in [-0.05, 0) is 55.5 Å². The van der Waals surface area contributed by atoms with Crippen molar-refractivity contribution in [3.8, 4) is 5.75 Å². The number of carbonyl (C=O) groups is 1. The summed E-state index contributed by atoms with van der Waals surface area (Å²) in [6.07, 6.45) is 0.413. The molecule has 0 aromatic heterocycles. The van der Waals surface area contributed by atoms with Gasteiger partial charge in [-0.2, -0.15) is 0 Å². The van der Waals surface area contributed by atoms with Gasteiger partial charge in [-0.15, -0.1) is 0 Å². The molecule has 2 rings (SSSR count). The molecule has 128 valence electrons. The summed E-state index contributed by atoms with van der Waals surface area (Å²) in [7, 11) is 0. The third-order valence-electron chi connectivity index (χ3n) is 4.26. The Morgan fingerprint density at radius 1 is 1.17 bits per heavy atom. The van der Waals surface area contributed by atoms with E-state index in [0.29, 0.717) is 16.6 Å². The topological polar surface area (TPSA) is 38.3 Å². The molecule has 2 aromatic rings. The number of carbonyl (C=O) groups excluding carboxylic acids is 1. The van der Waals surface area contributed by atoms with Gasteiger partial charge in [0.25, 0.3) is 5.91 Å². The van der Waals surface area contributed by atoms with Crippen LogP contribution in [0.2, 0.25) is 5.02 Å². The number of amides is 1. The Morgan fingerprint density at radius 3 is 2.58 bits per heavy atom. The van der Waals surface area contributed by atoms with Gasteiger partial charge in [-0.1, -0.05) is 49.7 Å². The van der Waals surface area contributed by atoms with Gasteiger partial charge >= 0.3 is 0 Å².